The molecule has 24 heavy (non-hydrogen) atoms. The van der Waals surface area contributed by atoms with Gasteiger partial charge in [-0.15, -0.1) is 11.8 Å². The van der Waals surface area contributed by atoms with Gasteiger partial charge in [-0.3, -0.25) is 4.57 Å². The number of rotatable bonds is 5. The van der Waals surface area contributed by atoms with Crippen LogP contribution in [0.3, 0.4) is 0 Å². The second-order valence-electron chi connectivity index (χ2n) is 5.64. The summed E-state index contributed by atoms with van der Waals surface area (Å²) in [6.07, 6.45) is 2.77. The van der Waals surface area contributed by atoms with E-state index in [9.17, 15) is 4.79 Å². The van der Waals surface area contributed by atoms with Crippen molar-refractivity contribution in [3.05, 3.63) is 71.3 Å². The van der Waals surface area contributed by atoms with Crippen LogP contribution in [0, 0.1) is 0 Å². The monoisotopic (exact) mass is 335 g/mol. The van der Waals surface area contributed by atoms with Crippen LogP contribution in [-0.4, -0.2) is 20.3 Å². The predicted octanol–water partition coefficient (Wildman–Crippen LogP) is 4.06. The van der Waals surface area contributed by atoms with Gasteiger partial charge in [-0.25, -0.2) is 9.78 Å². The lowest BCUT2D eigenvalue weighted by atomic mass is 10.2. The molecule has 5 heteroatoms. The number of pyridine rings is 1. The van der Waals surface area contributed by atoms with Crippen molar-refractivity contribution in [1.82, 2.24) is 14.5 Å². The Morgan fingerprint density at radius 1 is 1.04 bits per heavy atom. The Morgan fingerprint density at radius 3 is 2.83 bits per heavy atom. The number of aryl methyl sites for hydroxylation is 1. The number of hydrogen-bond donors (Lipinski definition) is 1. The highest BCUT2D eigenvalue weighted by Crippen LogP contribution is 2.26. The Bertz CT molecular complexity index is 1050. The summed E-state index contributed by atoms with van der Waals surface area (Å²) in [4.78, 5) is 19.5. The number of nitrogens with one attached hydrogen (secondary N) is 1. The number of imidazole rings is 1. The average molecular weight is 335 g/mol. The van der Waals surface area contributed by atoms with Crippen LogP contribution in [0.5, 0.6) is 0 Å². The summed E-state index contributed by atoms with van der Waals surface area (Å²) in [6.45, 7) is 0.709. The first-order valence-corrected chi connectivity index (χ1v) is 8.95. The van der Waals surface area contributed by atoms with Crippen molar-refractivity contribution in [2.24, 2.45) is 0 Å². The molecule has 0 radical (unpaired) electrons. The maximum Gasteiger partial charge on any atom is 0.326 e. The molecule has 0 saturated carbocycles. The van der Waals surface area contributed by atoms with E-state index in [-0.39, 0.29) is 5.69 Å². The summed E-state index contributed by atoms with van der Waals surface area (Å²) in [7, 11) is 0. The third-order valence-corrected chi connectivity index (χ3v) is 5.18. The smallest absolute Gasteiger partial charge is 0.306 e. The van der Waals surface area contributed by atoms with Crippen molar-refractivity contribution in [3.8, 4) is 0 Å². The maximum absolute atomic E-state index is 12.1. The first-order chi connectivity index (χ1) is 11.8. The van der Waals surface area contributed by atoms with E-state index in [1.807, 2.05) is 53.2 Å². The van der Waals surface area contributed by atoms with Gasteiger partial charge in [0.05, 0.1) is 11.0 Å². The molecule has 4 rings (SSSR count). The van der Waals surface area contributed by atoms with Crippen LogP contribution in [0.1, 0.15) is 6.42 Å². The predicted molar refractivity (Wildman–Crippen MR) is 99.6 cm³/mol. The molecular formula is C19H17N3OS. The van der Waals surface area contributed by atoms with E-state index in [2.05, 4.69) is 22.1 Å². The molecular weight excluding hydrogens is 318 g/mol. The molecule has 1 N–H and O–H groups in total. The van der Waals surface area contributed by atoms with Gasteiger partial charge in [-0.05, 0) is 30.0 Å². The van der Waals surface area contributed by atoms with Crippen LogP contribution in [0.2, 0.25) is 0 Å². The second kappa shape index (κ2) is 6.53. The van der Waals surface area contributed by atoms with E-state index in [1.165, 1.54) is 10.8 Å². The van der Waals surface area contributed by atoms with Crippen molar-refractivity contribution in [2.75, 3.05) is 5.75 Å². The molecule has 0 unspecified atom stereocenters. The molecule has 120 valence electrons. The molecule has 2 heterocycles. The first-order valence-electron chi connectivity index (χ1n) is 7.97. The summed E-state index contributed by atoms with van der Waals surface area (Å²) in [5.74, 6) is 0.924. The third kappa shape index (κ3) is 2.83. The second-order valence-corrected chi connectivity index (χ2v) is 6.72. The zero-order valence-corrected chi connectivity index (χ0v) is 13.9. The van der Waals surface area contributed by atoms with Gasteiger partial charge in [-0.1, -0.05) is 36.4 Å². The highest BCUT2D eigenvalue weighted by molar-refractivity contribution is 7.99. The van der Waals surface area contributed by atoms with E-state index in [1.54, 1.807) is 11.8 Å². The minimum absolute atomic E-state index is 0.0375. The Kier molecular flexibility index (Phi) is 4.09. The number of aromatic nitrogens is 3. The largest absolute Gasteiger partial charge is 0.326 e. The highest BCUT2D eigenvalue weighted by atomic mass is 32.2. The minimum atomic E-state index is -0.0375. The normalized spacial score (nSPS) is 11.3. The Balaban J connectivity index is 1.46. The molecule has 0 aliphatic heterocycles. The number of fused-ring (bicyclic) bond motifs is 2. The Labute approximate surface area is 143 Å². The van der Waals surface area contributed by atoms with Crippen LogP contribution < -0.4 is 5.69 Å². The Hall–Kier alpha value is -2.53. The van der Waals surface area contributed by atoms with Gasteiger partial charge in [0.2, 0.25) is 0 Å². The zero-order chi connectivity index (χ0) is 16.4. The fourth-order valence-electron chi connectivity index (χ4n) is 2.93. The van der Waals surface area contributed by atoms with Crippen molar-refractivity contribution in [1.29, 1.82) is 0 Å². The van der Waals surface area contributed by atoms with Crippen molar-refractivity contribution in [3.63, 3.8) is 0 Å². The van der Waals surface area contributed by atoms with E-state index in [4.69, 9.17) is 0 Å². The lowest BCUT2D eigenvalue weighted by Gasteiger charge is -2.06. The van der Waals surface area contributed by atoms with E-state index >= 15 is 0 Å². The minimum Gasteiger partial charge on any atom is -0.306 e. The summed E-state index contributed by atoms with van der Waals surface area (Å²) >= 11 is 1.75. The van der Waals surface area contributed by atoms with Gasteiger partial charge in [0.25, 0.3) is 0 Å². The van der Waals surface area contributed by atoms with E-state index in [0.29, 0.717) is 6.54 Å². The summed E-state index contributed by atoms with van der Waals surface area (Å²) in [5.41, 5.74) is 1.83. The van der Waals surface area contributed by atoms with Gasteiger partial charge in [0, 0.05) is 23.9 Å². The molecule has 0 aliphatic carbocycles. The summed E-state index contributed by atoms with van der Waals surface area (Å²) < 4.78 is 1.81. The van der Waals surface area contributed by atoms with Gasteiger partial charge < -0.3 is 4.98 Å². The lowest BCUT2D eigenvalue weighted by molar-refractivity contribution is 0.679. The molecule has 0 atom stereocenters. The molecule has 0 aliphatic rings. The van der Waals surface area contributed by atoms with Crippen LogP contribution in [0.25, 0.3) is 21.8 Å². The van der Waals surface area contributed by atoms with Gasteiger partial charge in [-0.2, -0.15) is 0 Å². The lowest BCUT2D eigenvalue weighted by Crippen LogP contribution is -2.17. The van der Waals surface area contributed by atoms with Crippen molar-refractivity contribution < 1.29 is 0 Å². The number of hydrogen-bond acceptors (Lipinski definition) is 3. The molecule has 4 aromatic rings. The maximum atomic E-state index is 12.1. The topological polar surface area (TPSA) is 50.7 Å². The van der Waals surface area contributed by atoms with Crippen molar-refractivity contribution >= 4 is 33.6 Å². The zero-order valence-electron chi connectivity index (χ0n) is 13.1. The molecule has 0 amide bonds. The molecule has 2 aromatic heterocycles. The quantitative estimate of drug-likeness (QED) is 0.442. The van der Waals surface area contributed by atoms with Crippen LogP contribution in [-0.2, 0) is 6.54 Å². The summed E-state index contributed by atoms with van der Waals surface area (Å²) in [6, 6.07) is 18.1. The SMILES string of the molecule is O=c1[nH]c2ccccc2n1CCCSc1nccc2ccccc12. The number of thioether (sulfide) groups is 1. The van der Waals surface area contributed by atoms with Crippen molar-refractivity contribution in [2.45, 2.75) is 18.0 Å². The third-order valence-electron chi connectivity index (χ3n) is 4.08. The fourth-order valence-corrected chi connectivity index (χ4v) is 3.87. The molecule has 0 saturated heterocycles. The molecule has 0 spiro atoms. The van der Waals surface area contributed by atoms with E-state index < -0.39 is 0 Å². The fraction of sp³-hybridized carbons (Fsp3) is 0.158. The summed E-state index contributed by atoms with van der Waals surface area (Å²) in [5, 5.41) is 3.46. The van der Waals surface area contributed by atoms with Crippen LogP contribution >= 0.6 is 11.8 Å². The number of aromatic amines is 1. The van der Waals surface area contributed by atoms with Crippen LogP contribution in [0.4, 0.5) is 0 Å². The molecule has 4 nitrogen and oxygen atoms in total. The average Bonchev–Trinajstić information content (AvgIpc) is 2.94. The molecule has 0 fully saturated rings. The Morgan fingerprint density at radius 2 is 1.88 bits per heavy atom. The number of nitrogens with zero attached hydrogens (tertiary/aromatic N) is 2. The van der Waals surface area contributed by atoms with E-state index in [0.717, 1.165) is 28.2 Å². The molecule has 2 aromatic carbocycles. The first kappa shape index (κ1) is 15.0. The number of H-pyrrole nitrogens is 1. The molecule has 0 bridgehead atoms. The van der Waals surface area contributed by atoms with Gasteiger partial charge >= 0.3 is 5.69 Å². The van der Waals surface area contributed by atoms with Crippen LogP contribution in [0.15, 0.2) is 70.6 Å². The van der Waals surface area contributed by atoms with Gasteiger partial charge in [0.15, 0.2) is 0 Å². The standard InChI is InChI=1S/C19H17N3OS/c23-19-21-16-8-3-4-9-17(16)22(19)12-5-13-24-18-15-7-2-1-6-14(15)10-11-20-18/h1-4,6-11H,5,12-13H2,(H,21,23). The number of benzene rings is 2. The van der Waals surface area contributed by atoms with Gasteiger partial charge in [0.1, 0.15) is 5.03 Å². The number of para-hydroxylation sites is 2. The highest BCUT2D eigenvalue weighted by Gasteiger charge is 2.06.